The molecular formula is C4H6N2O3. The molecule has 0 aliphatic carbocycles. The van der Waals surface area contributed by atoms with Gasteiger partial charge in [-0.15, -0.1) is 0 Å². The highest BCUT2D eigenvalue weighted by Gasteiger charge is 2.18. The van der Waals surface area contributed by atoms with E-state index in [-0.39, 0.29) is 6.15 Å². The number of imide groups is 1. The fourth-order valence-corrected chi connectivity index (χ4v) is 0.402. The number of carbonyl (C=O) groups excluding carboxylic acids is 2. The molecule has 5 N–H and O–H groups in total. The Morgan fingerprint density at radius 2 is 2.00 bits per heavy atom. The van der Waals surface area contributed by atoms with Crippen molar-refractivity contribution < 1.29 is 14.7 Å². The van der Waals surface area contributed by atoms with Gasteiger partial charge in [0.1, 0.15) is 0 Å². The first kappa shape index (κ1) is 7.64. The first-order valence-corrected chi connectivity index (χ1v) is 1.96. The molecular weight excluding hydrogens is 124 g/mol. The number of aliphatic hydroxyl groups is 1. The minimum absolute atomic E-state index is 0. The van der Waals surface area contributed by atoms with E-state index in [1.165, 1.54) is 0 Å². The van der Waals surface area contributed by atoms with Crippen molar-refractivity contribution in [2.45, 2.75) is 0 Å². The predicted molar refractivity (Wildman–Crippen MR) is 28.9 cm³/mol. The zero-order chi connectivity index (χ0) is 6.15. The van der Waals surface area contributed by atoms with Crippen LogP contribution < -0.4 is 11.5 Å². The molecule has 0 radical (unpaired) electrons. The standard InChI is InChI=1S/C4H3NO3.H3N/c6-2-1-3(7)5-4(2)8;/h1H,(H2,5,6,7,8);1H3. The Morgan fingerprint density at radius 3 is 2.11 bits per heavy atom. The van der Waals surface area contributed by atoms with E-state index in [1.807, 2.05) is 5.32 Å². The van der Waals surface area contributed by atoms with E-state index in [0.717, 1.165) is 6.08 Å². The Labute approximate surface area is 50.9 Å². The molecule has 0 aromatic rings. The zero-order valence-electron chi connectivity index (χ0n) is 4.55. The van der Waals surface area contributed by atoms with Crippen LogP contribution in [0.3, 0.4) is 0 Å². The molecule has 0 unspecified atom stereocenters. The highest BCUT2D eigenvalue weighted by Crippen LogP contribution is 1.94. The topological polar surface area (TPSA) is 101 Å². The molecule has 0 bridgehead atoms. The van der Waals surface area contributed by atoms with Crippen molar-refractivity contribution in [1.29, 1.82) is 0 Å². The van der Waals surface area contributed by atoms with E-state index in [1.54, 1.807) is 0 Å². The van der Waals surface area contributed by atoms with Gasteiger partial charge in [0.25, 0.3) is 11.8 Å². The smallest absolute Gasteiger partial charge is 0.293 e. The molecule has 2 amide bonds. The average Bonchev–Trinajstić information content (AvgIpc) is 1.85. The van der Waals surface area contributed by atoms with Gasteiger partial charge < -0.3 is 11.3 Å². The summed E-state index contributed by atoms with van der Waals surface area (Å²) in [4.78, 5) is 20.2. The van der Waals surface area contributed by atoms with Crippen molar-refractivity contribution >= 4 is 11.8 Å². The summed E-state index contributed by atoms with van der Waals surface area (Å²) in [7, 11) is 0. The molecule has 0 saturated heterocycles. The fraction of sp³-hybridized carbons (Fsp3) is 0. The van der Waals surface area contributed by atoms with Gasteiger partial charge in [-0.1, -0.05) is 0 Å². The number of rotatable bonds is 0. The lowest BCUT2D eigenvalue weighted by atomic mass is 10.5. The Hall–Kier alpha value is -1.36. The van der Waals surface area contributed by atoms with Crippen LogP contribution in [0.5, 0.6) is 0 Å². The first-order valence-electron chi connectivity index (χ1n) is 1.96. The number of aliphatic hydroxyl groups excluding tert-OH is 1. The SMILES string of the molecule is N.O=C1C=C(O)C(=O)N1. The van der Waals surface area contributed by atoms with Gasteiger partial charge in [0, 0.05) is 0 Å². The molecule has 0 fully saturated rings. The molecule has 0 spiro atoms. The van der Waals surface area contributed by atoms with E-state index in [2.05, 4.69) is 0 Å². The van der Waals surface area contributed by atoms with Crippen molar-refractivity contribution in [3.63, 3.8) is 0 Å². The Kier molecular flexibility index (Phi) is 1.93. The monoisotopic (exact) mass is 130 g/mol. The number of carbonyl (C=O) groups is 2. The molecule has 1 aliphatic heterocycles. The summed E-state index contributed by atoms with van der Waals surface area (Å²) in [5, 5.41) is 10.2. The summed E-state index contributed by atoms with van der Waals surface area (Å²) in [6.45, 7) is 0. The van der Waals surface area contributed by atoms with Gasteiger partial charge in [-0.3, -0.25) is 14.9 Å². The van der Waals surface area contributed by atoms with Crippen LogP contribution in [0.2, 0.25) is 0 Å². The minimum Gasteiger partial charge on any atom is -0.503 e. The van der Waals surface area contributed by atoms with E-state index >= 15 is 0 Å². The molecule has 9 heavy (non-hydrogen) atoms. The Morgan fingerprint density at radius 1 is 1.44 bits per heavy atom. The van der Waals surface area contributed by atoms with Crippen molar-refractivity contribution in [2.24, 2.45) is 0 Å². The van der Waals surface area contributed by atoms with Crippen LogP contribution in [-0.2, 0) is 9.59 Å². The second kappa shape index (κ2) is 2.27. The van der Waals surface area contributed by atoms with E-state index in [9.17, 15) is 9.59 Å². The van der Waals surface area contributed by atoms with Gasteiger partial charge >= 0.3 is 0 Å². The van der Waals surface area contributed by atoms with Crippen molar-refractivity contribution in [2.75, 3.05) is 0 Å². The zero-order valence-corrected chi connectivity index (χ0v) is 4.55. The van der Waals surface area contributed by atoms with Gasteiger partial charge in [-0.05, 0) is 0 Å². The molecule has 0 aromatic carbocycles. The third kappa shape index (κ3) is 1.26. The maximum absolute atomic E-state index is 10.1. The molecule has 5 nitrogen and oxygen atoms in total. The summed E-state index contributed by atoms with van der Waals surface area (Å²) in [5.41, 5.74) is 0. The molecule has 1 rings (SSSR count). The van der Waals surface area contributed by atoms with Gasteiger partial charge in [0.05, 0.1) is 6.08 Å². The van der Waals surface area contributed by atoms with Gasteiger partial charge in [-0.25, -0.2) is 0 Å². The number of nitrogens with one attached hydrogen (secondary N) is 1. The van der Waals surface area contributed by atoms with E-state index in [4.69, 9.17) is 5.11 Å². The van der Waals surface area contributed by atoms with Crippen LogP contribution in [0, 0.1) is 0 Å². The number of hydrogen-bond donors (Lipinski definition) is 3. The maximum atomic E-state index is 10.1. The second-order valence-electron chi connectivity index (χ2n) is 1.35. The first-order chi connectivity index (χ1) is 3.70. The molecule has 5 heteroatoms. The fourth-order valence-electron chi connectivity index (χ4n) is 0.402. The van der Waals surface area contributed by atoms with E-state index in [0.29, 0.717) is 0 Å². The lowest BCUT2D eigenvalue weighted by Crippen LogP contribution is -2.21. The average molecular weight is 130 g/mol. The summed E-state index contributed by atoms with van der Waals surface area (Å²) < 4.78 is 0. The van der Waals surface area contributed by atoms with Gasteiger partial charge in [0.2, 0.25) is 0 Å². The summed E-state index contributed by atoms with van der Waals surface area (Å²) >= 11 is 0. The van der Waals surface area contributed by atoms with E-state index < -0.39 is 17.6 Å². The van der Waals surface area contributed by atoms with Crippen molar-refractivity contribution in [3.05, 3.63) is 11.8 Å². The summed E-state index contributed by atoms with van der Waals surface area (Å²) in [6, 6.07) is 0. The van der Waals surface area contributed by atoms with Crippen LogP contribution in [0.25, 0.3) is 0 Å². The summed E-state index contributed by atoms with van der Waals surface area (Å²) in [5.74, 6) is -1.81. The van der Waals surface area contributed by atoms with Crippen LogP contribution in [0.15, 0.2) is 11.8 Å². The third-order valence-electron chi connectivity index (χ3n) is 0.737. The van der Waals surface area contributed by atoms with Gasteiger partial charge in [-0.2, -0.15) is 0 Å². The predicted octanol–water partition coefficient (Wildman–Crippen LogP) is -0.753. The molecule has 1 heterocycles. The highest BCUT2D eigenvalue weighted by atomic mass is 16.3. The van der Waals surface area contributed by atoms with Crippen LogP contribution in [0.1, 0.15) is 0 Å². The van der Waals surface area contributed by atoms with Crippen molar-refractivity contribution in [3.8, 4) is 0 Å². The third-order valence-corrected chi connectivity index (χ3v) is 0.737. The lowest BCUT2D eigenvalue weighted by Gasteiger charge is -1.83. The van der Waals surface area contributed by atoms with Crippen molar-refractivity contribution in [1.82, 2.24) is 11.5 Å². The number of amides is 2. The van der Waals surface area contributed by atoms with Crippen LogP contribution in [-0.4, -0.2) is 16.9 Å². The molecule has 50 valence electrons. The molecule has 0 atom stereocenters. The lowest BCUT2D eigenvalue weighted by molar-refractivity contribution is -0.124. The van der Waals surface area contributed by atoms with Crippen LogP contribution >= 0.6 is 0 Å². The quantitative estimate of drug-likeness (QED) is 0.375. The molecule has 1 aliphatic rings. The van der Waals surface area contributed by atoms with Crippen LogP contribution in [0.4, 0.5) is 0 Å². The highest BCUT2D eigenvalue weighted by molar-refractivity contribution is 6.14. The minimum atomic E-state index is -0.727. The maximum Gasteiger partial charge on any atom is 0.293 e. The normalized spacial score (nSPS) is 16.2. The Bertz CT molecular complexity index is 184. The van der Waals surface area contributed by atoms with Gasteiger partial charge in [0.15, 0.2) is 5.76 Å². The summed E-state index contributed by atoms with van der Waals surface area (Å²) in [6.07, 6.45) is 0.836. The number of hydrogen-bond acceptors (Lipinski definition) is 4. The second-order valence-corrected chi connectivity index (χ2v) is 1.35. The largest absolute Gasteiger partial charge is 0.503 e. The molecule has 0 aromatic heterocycles. The molecule has 0 saturated carbocycles. The Balaban J connectivity index is 0.000000640.